The number of aromatic nitrogens is 2. The predicted octanol–water partition coefficient (Wildman–Crippen LogP) is 4.91. The number of benzene rings is 2. The number of phenolic OH excluding ortho intramolecular Hbond substituents is 1. The summed E-state index contributed by atoms with van der Waals surface area (Å²) in [6.07, 6.45) is 0. The number of hydrogen-bond donors (Lipinski definition) is 1. The molecule has 0 aliphatic heterocycles. The van der Waals surface area contributed by atoms with Crippen LogP contribution in [0.4, 0.5) is 0 Å². The van der Waals surface area contributed by atoms with Gasteiger partial charge in [-0.15, -0.1) is 10.2 Å². The minimum Gasteiger partial charge on any atom is -0.508 e. The molecule has 0 amide bonds. The molecule has 0 saturated heterocycles. The summed E-state index contributed by atoms with van der Waals surface area (Å²) < 4.78 is 11.9. The normalized spacial score (nSPS) is 11.2. The highest BCUT2D eigenvalue weighted by molar-refractivity contribution is 9.10. The number of hydrogen-bond acceptors (Lipinski definition) is 7. The third-order valence-corrected chi connectivity index (χ3v) is 5.46. The van der Waals surface area contributed by atoms with E-state index in [2.05, 4.69) is 26.1 Å². The first kappa shape index (κ1) is 17.8. The van der Waals surface area contributed by atoms with Crippen molar-refractivity contribution in [1.82, 2.24) is 10.2 Å². The van der Waals surface area contributed by atoms with Crippen molar-refractivity contribution in [1.29, 1.82) is 0 Å². The van der Waals surface area contributed by atoms with Crippen molar-refractivity contribution in [2.45, 2.75) is 17.9 Å². The molecule has 4 aromatic rings. The molecule has 2 heterocycles. The molecule has 0 radical (unpaired) electrons. The quantitative estimate of drug-likeness (QED) is 0.353. The summed E-state index contributed by atoms with van der Waals surface area (Å²) in [4.78, 5) is 11.9. The van der Waals surface area contributed by atoms with Crippen LogP contribution in [0.15, 0.2) is 65.8 Å². The second-order valence-electron chi connectivity index (χ2n) is 5.85. The molecule has 0 saturated carbocycles. The summed E-state index contributed by atoms with van der Waals surface area (Å²) in [6, 6.07) is 12.3. The van der Waals surface area contributed by atoms with Crippen molar-refractivity contribution in [2.75, 3.05) is 0 Å². The molecule has 0 atom stereocenters. The van der Waals surface area contributed by atoms with E-state index in [1.54, 1.807) is 19.1 Å². The van der Waals surface area contributed by atoms with Crippen molar-refractivity contribution >= 4 is 38.7 Å². The molecule has 0 fully saturated rings. The predicted molar refractivity (Wildman–Crippen MR) is 106 cm³/mol. The van der Waals surface area contributed by atoms with Gasteiger partial charge in [-0.25, -0.2) is 4.79 Å². The van der Waals surface area contributed by atoms with E-state index in [-0.39, 0.29) is 5.75 Å². The van der Waals surface area contributed by atoms with Gasteiger partial charge in [-0.1, -0.05) is 27.7 Å². The fourth-order valence-corrected chi connectivity index (χ4v) is 3.67. The zero-order chi connectivity index (χ0) is 19.0. The van der Waals surface area contributed by atoms with E-state index in [0.29, 0.717) is 28.0 Å². The number of rotatable bonds is 4. The number of thioether (sulfide) groups is 1. The Labute approximate surface area is 166 Å². The standard InChI is InChI=1S/C19H13BrN2O4S/c1-10-15(23)7-6-14-12(8-16(24)25-17(10)14)9-27-19-22-21-18(26-19)11-2-4-13(20)5-3-11/h2-8,23H,9H2,1H3. The molecule has 2 aromatic carbocycles. The number of nitrogens with zero attached hydrogens (tertiary/aromatic N) is 2. The van der Waals surface area contributed by atoms with Gasteiger partial charge in [0.15, 0.2) is 0 Å². The minimum atomic E-state index is -0.465. The minimum absolute atomic E-state index is 0.0893. The second-order valence-corrected chi connectivity index (χ2v) is 7.69. The fourth-order valence-electron chi connectivity index (χ4n) is 2.65. The van der Waals surface area contributed by atoms with Gasteiger partial charge in [0, 0.05) is 32.8 Å². The summed E-state index contributed by atoms with van der Waals surface area (Å²) in [5.41, 5.74) is 2.06. The van der Waals surface area contributed by atoms with E-state index in [9.17, 15) is 9.90 Å². The topological polar surface area (TPSA) is 89.4 Å². The van der Waals surface area contributed by atoms with Crippen LogP contribution in [0, 0.1) is 6.92 Å². The second kappa shape index (κ2) is 7.21. The van der Waals surface area contributed by atoms with Gasteiger partial charge in [0.05, 0.1) is 0 Å². The van der Waals surface area contributed by atoms with Crippen LogP contribution >= 0.6 is 27.7 Å². The SMILES string of the molecule is Cc1c(O)ccc2c(CSc3nnc(-c4ccc(Br)cc4)o3)cc(=O)oc12. The van der Waals surface area contributed by atoms with Crippen LogP contribution in [0.25, 0.3) is 22.4 Å². The van der Waals surface area contributed by atoms with E-state index in [4.69, 9.17) is 8.83 Å². The van der Waals surface area contributed by atoms with Crippen LogP contribution in [-0.2, 0) is 5.75 Å². The smallest absolute Gasteiger partial charge is 0.336 e. The highest BCUT2D eigenvalue weighted by atomic mass is 79.9. The van der Waals surface area contributed by atoms with Crippen LogP contribution in [0.3, 0.4) is 0 Å². The lowest BCUT2D eigenvalue weighted by Gasteiger charge is -2.07. The molecule has 0 bridgehead atoms. The average molecular weight is 445 g/mol. The van der Waals surface area contributed by atoms with Crippen LogP contribution in [0.1, 0.15) is 11.1 Å². The Balaban J connectivity index is 1.60. The first-order valence-electron chi connectivity index (χ1n) is 7.99. The number of aryl methyl sites for hydroxylation is 1. The molecule has 0 unspecified atom stereocenters. The molecular weight excluding hydrogens is 432 g/mol. The maximum atomic E-state index is 11.9. The molecule has 6 nitrogen and oxygen atoms in total. The molecule has 136 valence electrons. The van der Waals surface area contributed by atoms with Crippen LogP contribution < -0.4 is 5.63 Å². The van der Waals surface area contributed by atoms with E-state index >= 15 is 0 Å². The maximum Gasteiger partial charge on any atom is 0.336 e. The van der Waals surface area contributed by atoms with Crippen molar-refractivity contribution in [3.63, 3.8) is 0 Å². The maximum absolute atomic E-state index is 11.9. The van der Waals surface area contributed by atoms with Gasteiger partial charge in [0.1, 0.15) is 11.3 Å². The van der Waals surface area contributed by atoms with Gasteiger partial charge in [-0.3, -0.25) is 0 Å². The summed E-state index contributed by atoms with van der Waals surface area (Å²) in [5.74, 6) is 0.976. The summed E-state index contributed by atoms with van der Waals surface area (Å²) in [6.45, 7) is 1.71. The molecule has 8 heteroatoms. The van der Waals surface area contributed by atoms with Crippen molar-refractivity contribution in [2.24, 2.45) is 0 Å². The monoisotopic (exact) mass is 444 g/mol. The lowest BCUT2D eigenvalue weighted by atomic mass is 10.1. The van der Waals surface area contributed by atoms with Crippen molar-refractivity contribution < 1.29 is 13.9 Å². The number of fused-ring (bicyclic) bond motifs is 1. The third-order valence-electron chi connectivity index (χ3n) is 4.07. The molecule has 0 aliphatic carbocycles. The zero-order valence-corrected chi connectivity index (χ0v) is 16.5. The fraction of sp³-hybridized carbons (Fsp3) is 0.105. The Morgan fingerprint density at radius 1 is 1.11 bits per heavy atom. The lowest BCUT2D eigenvalue weighted by Crippen LogP contribution is -2.01. The summed E-state index contributed by atoms with van der Waals surface area (Å²) in [7, 11) is 0. The highest BCUT2D eigenvalue weighted by Crippen LogP contribution is 2.31. The Morgan fingerprint density at radius 2 is 1.89 bits per heavy atom. The Kier molecular flexibility index (Phi) is 4.75. The summed E-state index contributed by atoms with van der Waals surface area (Å²) in [5, 5.41) is 19.1. The van der Waals surface area contributed by atoms with Crippen molar-refractivity contribution in [3.8, 4) is 17.2 Å². The van der Waals surface area contributed by atoms with E-state index in [1.165, 1.54) is 17.8 Å². The van der Waals surface area contributed by atoms with Gasteiger partial charge in [0.2, 0.25) is 5.89 Å². The zero-order valence-electron chi connectivity index (χ0n) is 14.1. The lowest BCUT2D eigenvalue weighted by molar-refractivity contribution is 0.465. The Morgan fingerprint density at radius 3 is 2.67 bits per heavy atom. The molecule has 0 aliphatic rings. The molecule has 0 spiro atoms. The average Bonchev–Trinajstić information content (AvgIpc) is 3.13. The van der Waals surface area contributed by atoms with Crippen molar-refractivity contribution in [3.05, 3.63) is 68.5 Å². The van der Waals surface area contributed by atoms with Gasteiger partial charge in [-0.2, -0.15) is 0 Å². The van der Waals surface area contributed by atoms with Crippen LogP contribution in [0.2, 0.25) is 0 Å². The molecular formula is C19H13BrN2O4S. The van der Waals surface area contributed by atoms with E-state index < -0.39 is 5.63 Å². The van der Waals surface area contributed by atoms with E-state index in [0.717, 1.165) is 21.0 Å². The molecule has 1 N–H and O–H groups in total. The van der Waals surface area contributed by atoms with E-state index in [1.807, 2.05) is 24.3 Å². The first-order valence-corrected chi connectivity index (χ1v) is 9.76. The van der Waals surface area contributed by atoms with Gasteiger partial charge in [0.25, 0.3) is 5.22 Å². The van der Waals surface area contributed by atoms with Gasteiger partial charge >= 0.3 is 5.63 Å². The number of halogens is 1. The Bertz CT molecular complexity index is 1180. The molecule has 2 aromatic heterocycles. The Hall–Kier alpha value is -2.58. The number of phenols is 1. The van der Waals surface area contributed by atoms with Crippen LogP contribution in [-0.4, -0.2) is 15.3 Å². The highest BCUT2D eigenvalue weighted by Gasteiger charge is 2.13. The molecule has 4 rings (SSSR count). The largest absolute Gasteiger partial charge is 0.508 e. The third kappa shape index (κ3) is 3.63. The summed E-state index contributed by atoms with van der Waals surface area (Å²) >= 11 is 4.72. The van der Waals surface area contributed by atoms with Crippen LogP contribution in [0.5, 0.6) is 5.75 Å². The molecule has 27 heavy (non-hydrogen) atoms. The first-order chi connectivity index (χ1) is 13.0. The van der Waals surface area contributed by atoms with Gasteiger partial charge in [-0.05, 0) is 48.9 Å². The number of aromatic hydroxyl groups is 1. The van der Waals surface area contributed by atoms with Gasteiger partial charge < -0.3 is 13.9 Å².